The summed E-state index contributed by atoms with van der Waals surface area (Å²) in [5.74, 6) is 0.229. The highest BCUT2D eigenvalue weighted by Crippen LogP contribution is 2.23. The molecule has 6 heteroatoms. The number of halogens is 1. The highest BCUT2D eigenvalue weighted by Gasteiger charge is 2.28. The molecule has 1 fully saturated rings. The Balaban J connectivity index is 1.90. The van der Waals surface area contributed by atoms with Crippen LogP contribution in [0.4, 0.5) is 0 Å². The van der Waals surface area contributed by atoms with Crippen molar-refractivity contribution in [2.75, 3.05) is 20.3 Å². The molecule has 19 heavy (non-hydrogen) atoms. The summed E-state index contributed by atoms with van der Waals surface area (Å²) in [6.07, 6.45) is 1.73. The molecule has 1 aromatic rings. The zero-order valence-corrected chi connectivity index (χ0v) is 12.5. The van der Waals surface area contributed by atoms with Gasteiger partial charge in [-0.3, -0.25) is 4.79 Å². The fourth-order valence-electron chi connectivity index (χ4n) is 2.28. The highest BCUT2D eigenvalue weighted by atomic mass is 35.5. The molecule has 0 saturated carbocycles. The van der Waals surface area contributed by atoms with Crippen molar-refractivity contribution in [2.45, 2.75) is 25.4 Å². The standard InChI is InChI=1S/C13H19ClN2O2S/c1-16(8-10-2-3-11(14)19-10)13(17)12(15)9-4-6-18-7-5-9/h2-3,9,12H,4-8,15H2,1H3. The molecular weight excluding hydrogens is 284 g/mol. The van der Waals surface area contributed by atoms with Crippen molar-refractivity contribution in [2.24, 2.45) is 11.7 Å². The van der Waals surface area contributed by atoms with E-state index in [0.717, 1.165) is 22.1 Å². The van der Waals surface area contributed by atoms with Crippen molar-refractivity contribution in [1.29, 1.82) is 0 Å². The minimum Gasteiger partial charge on any atom is -0.381 e. The number of likely N-dealkylation sites (N-methyl/N-ethyl adjacent to an activating group) is 1. The molecule has 2 rings (SSSR count). The van der Waals surface area contributed by atoms with E-state index in [1.54, 1.807) is 11.9 Å². The number of ether oxygens (including phenoxy) is 1. The SMILES string of the molecule is CN(Cc1ccc(Cl)s1)C(=O)C(N)C1CCOCC1. The summed E-state index contributed by atoms with van der Waals surface area (Å²) >= 11 is 7.38. The summed E-state index contributed by atoms with van der Waals surface area (Å²) in [4.78, 5) is 15.0. The van der Waals surface area contributed by atoms with Gasteiger partial charge < -0.3 is 15.4 Å². The van der Waals surface area contributed by atoms with Crippen LogP contribution in [0.3, 0.4) is 0 Å². The number of hydrogen-bond donors (Lipinski definition) is 1. The highest BCUT2D eigenvalue weighted by molar-refractivity contribution is 7.16. The van der Waals surface area contributed by atoms with E-state index < -0.39 is 6.04 Å². The lowest BCUT2D eigenvalue weighted by atomic mass is 9.91. The Morgan fingerprint density at radius 3 is 2.84 bits per heavy atom. The smallest absolute Gasteiger partial charge is 0.239 e. The van der Waals surface area contributed by atoms with Crippen LogP contribution >= 0.6 is 22.9 Å². The fourth-order valence-corrected chi connectivity index (χ4v) is 3.42. The molecule has 2 heterocycles. The normalized spacial score (nSPS) is 18.3. The minimum atomic E-state index is -0.427. The van der Waals surface area contributed by atoms with Crippen molar-refractivity contribution in [1.82, 2.24) is 4.90 Å². The molecule has 1 saturated heterocycles. The summed E-state index contributed by atoms with van der Waals surface area (Å²) < 4.78 is 6.04. The van der Waals surface area contributed by atoms with Gasteiger partial charge in [0.15, 0.2) is 0 Å². The van der Waals surface area contributed by atoms with E-state index in [4.69, 9.17) is 22.1 Å². The Morgan fingerprint density at radius 1 is 1.58 bits per heavy atom. The molecule has 4 nitrogen and oxygen atoms in total. The van der Waals surface area contributed by atoms with Crippen LogP contribution in [0.2, 0.25) is 4.34 Å². The van der Waals surface area contributed by atoms with Crippen LogP contribution in [0.1, 0.15) is 17.7 Å². The van der Waals surface area contributed by atoms with E-state index in [1.165, 1.54) is 11.3 Å². The maximum Gasteiger partial charge on any atom is 0.239 e. The summed E-state index contributed by atoms with van der Waals surface area (Å²) in [6.45, 7) is 1.97. The Morgan fingerprint density at radius 2 is 2.26 bits per heavy atom. The van der Waals surface area contributed by atoms with E-state index in [0.29, 0.717) is 19.8 Å². The van der Waals surface area contributed by atoms with Crippen molar-refractivity contribution >= 4 is 28.8 Å². The first-order valence-electron chi connectivity index (χ1n) is 6.40. The van der Waals surface area contributed by atoms with Crippen molar-refractivity contribution < 1.29 is 9.53 Å². The molecule has 1 aromatic heterocycles. The first-order valence-corrected chi connectivity index (χ1v) is 7.60. The van der Waals surface area contributed by atoms with Gasteiger partial charge in [-0.1, -0.05) is 11.6 Å². The Kier molecular flexibility index (Phi) is 5.21. The second-order valence-corrected chi connectivity index (χ2v) is 6.68. The number of nitrogens with zero attached hydrogens (tertiary/aromatic N) is 1. The molecule has 2 N–H and O–H groups in total. The lowest BCUT2D eigenvalue weighted by Gasteiger charge is -2.29. The third-order valence-corrected chi connectivity index (χ3v) is 4.67. The zero-order valence-electron chi connectivity index (χ0n) is 11.0. The van der Waals surface area contributed by atoms with Crippen LogP contribution in [-0.4, -0.2) is 37.1 Å². The summed E-state index contributed by atoms with van der Waals surface area (Å²) in [5.41, 5.74) is 6.08. The average Bonchev–Trinajstić information content (AvgIpc) is 2.83. The number of hydrogen-bond acceptors (Lipinski definition) is 4. The summed E-state index contributed by atoms with van der Waals surface area (Å²) in [5, 5.41) is 0. The second-order valence-electron chi connectivity index (χ2n) is 4.88. The van der Waals surface area contributed by atoms with Gasteiger partial charge in [-0.25, -0.2) is 0 Å². The molecule has 1 aliphatic rings. The van der Waals surface area contributed by atoms with Crippen LogP contribution in [0.25, 0.3) is 0 Å². The number of carbonyl (C=O) groups is 1. The van der Waals surface area contributed by atoms with Gasteiger partial charge in [0.1, 0.15) is 0 Å². The van der Waals surface area contributed by atoms with Crippen molar-refractivity contribution in [3.8, 4) is 0 Å². The maximum atomic E-state index is 12.3. The van der Waals surface area contributed by atoms with Gasteiger partial charge in [0, 0.05) is 25.1 Å². The molecule has 0 spiro atoms. The average molecular weight is 303 g/mol. The van der Waals surface area contributed by atoms with Crippen molar-refractivity contribution in [3.63, 3.8) is 0 Å². The largest absolute Gasteiger partial charge is 0.381 e. The van der Waals surface area contributed by atoms with Gasteiger partial charge >= 0.3 is 0 Å². The number of rotatable bonds is 4. The maximum absolute atomic E-state index is 12.3. The quantitative estimate of drug-likeness (QED) is 0.927. The molecule has 1 atom stereocenters. The Hall–Kier alpha value is -0.620. The van der Waals surface area contributed by atoms with E-state index in [-0.39, 0.29) is 11.8 Å². The first-order chi connectivity index (χ1) is 9.08. The van der Waals surface area contributed by atoms with Gasteiger partial charge in [0.2, 0.25) is 5.91 Å². The van der Waals surface area contributed by atoms with Gasteiger partial charge in [-0.05, 0) is 30.9 Å². The first kappa shape index (κ1) is 14.8. The zero-order chi connectivity index (χ0) is 13.8. The molecule has 106 valence electrons. The minimum absolute atomic E-state index is 0.00331. The third-order valence-electron chi connectivity index (χ3n) is 3.46. The second kappa shape index (κ2) is 6.70. The van der Waals surface area contributed by atoms with Crippen LogP contribution in [0, 0.1) is 5.92 Å². The fraction of sp³-hybridized carbons (Fsp3) is 0.615. The van der Waals surface area contributed by atoms with Crippen LogP contribution in [0.15, 0.2) is 12.1 Å². The molecule has 0 radical (unpaired) electrons. The molecule has 0 aliphatic carbocycles. The number of nitrogens with two attached hydrogens (primary N) is 1. The van der Waals surface area contributed by atoms with Gasteiger partial charge in [-0.15, -0.1) is 11.3 Å². The number of carbonyl (C=O) groups excluding carboxylic acids is 1. The van der Waals surface area contributed by atoms with E-state index in [1.807, 2.05) is 12.1 Å². The summed E-state index contributed by atoms with van der Waals surface area (Å²) in [7, 11) is 1.79. The van der Waals surface area contributed by atoms with Gasteiger partial charge in [0.25, 0.3) is 0 Å². The van der Waals surface area contributed by atoms with Crippen LogP contribution in [-0.2, 0) is 16.1 Å². The molecule has 0 aromatic carbocycles. The summed E-state index contributed by atoms with van der Waals surface area (Å²) in [6, 6.07) is 3.36. The lowest BCUT2D eigenvalue weighted by Crippen LogP contribution is -2.47. The third kappa shape index (κ3) is 3.92. The van der Waals surface area contributed by atoms with E-state index in [9.17, 15) is 4.79 Å². The van der Waals surface area contributed by atoms with Crippen molar-refractivity contribution in [3.05, 3.63) is 21.3 Å². The molecular formula is C13H19ClN2O2S. The van der Waals surface area contributed by atoms with E-state index >= 15 is 0 Å². The predicted octanol–water partition coefficient (Wildman–Crippen LogP) is 2.11. The Bertz CT molecular complexity index is 432. The Labute approximate surface area is 122 Å². The molecule has 1 aliphatic heterocycles. The lowest BCUT2D eigenvalue weighted by molar-refractivity contribution is -0.133. The molecule has 1 amide bonds. The number of amides is 1. The topological polar surface area (TPSA) is 55.6 Å². The van der Waals surface area contributed by atoms with E-state index in [2.05, 4.69) is 0 Å². The van der Waals surface area contributed by atoms with Crippen LogP contribution in [0.5, 0.6) is 0 Å². The van der Waals surface area contributed by atoms with Gasteiger partial charge in [-0.2, -0.15) is 0 Å². The monoisotopic (exact) mass is 302 g/mol. The molecule has 1 unspecified atom stereocenters. The number of thiophene rings is 1. The molecule has 0 bridgehead atoms. The van der Waals surface area contributed by atoms with Gasteiger partial charge in [0.05, 0.1) is 16.9 Å². The predicted molar refractivity (Wildman–Crippen MR) is 77.3 cm³/mol. The van der Waals surface area contributed by atoms with Crippen LogP contribution < -0.4 is 5.73 Å².